The fraction of sp³-hybridized carbons (Fsp3) is 0.583. The van der Waals surface area contributed by atoms with Crippen molar-refractivity contribution in [1.29, 1.82) is 0 Å². The van der Waals surface area contributed by atoms with Gasteiger partial charge < -0.3 is 15.4 Å². The van der Waals surface area contributed by atoms with Crippen LogP contribution in [0.5, 0.6) is 0 Å². The minimum Gasteiger partial charge on any atom is -0.480 e. The lowest BCUT2D eigenvalue weighted by Gasteiger charge is -2.38. The molecule has 1 fully saturated rings. The number of carboxylic acids is 1. The van der Waals surface area contributed by atoms with Gasteiger partial charge in [-0.05, 0) is 19.3 Å². The molecule has 6 nitrogen and oxygen atoms in total. The van der Waals surface area contributed by atoms with Crippen LogP contribution in [0.3, 0.4) is 0 Å². The quantitative estimate of drug-likeness (QED) is 0.750. The van der Waals surface area contributed by atoms with Crippen molar-refractivity contribution < 1.29 is 9.90 Å². The maximum Gasteiger partial charge on any atom is 0.329 e. The Balaban J connectivity index is 2.29. The Morgan fingerprint density at radius 3 is 2.67 bits per heavy atom. The highest BCUT2D eigenvalue weighted by atomic mass is 16.4. The molecule has 0 bridgehead atoms. The molecule has 1 heterocycles. The minimum absolute atomic E-state index is 0.0848. The van der Waals surface area contributed by atoms with Crippen molar-refractivity contribution in [3.63, 3.8) is 0 Å². The van der Waals surface area contributed by atoms with Crippen LogP contribution in [0.1, 0.15) is 44.9 Å². The van der Waals surface area contributed by atoms with E-state index >= 15 is 0 Å². The van der Waals surface area contributed by atoms with Crippen LogP contribution in [0.25, 0.3) is 0 Å². The van der Waals surface area contributed by atoms with E-state index in [0.29, 0.717) is 24.5 Å². The summed E-state index contributed by atoms with van der Waals surface area (Å²) in [6.45, 7) is 3.83. The molecule has 3 N–H and O–H groups in total. The van der Waals surface area contributed by atoms with Gasteiger partial charge in [-0.1, -0.05) is 13.8 Å². The molecule has 1 aliphatic carbocycles. The van der Waals surface area contributed by atoms with Gasteiger partial charge in [0.15, 0.2) is 0 Å². The molecule has 98 valence electrons. The predicted octanol–water partition coefficient (Wildman–Crippen LogP) is 1.31. The van der Waals surface area contributed by atoms with E-state index in [1.807, 2.05) is 13.8 Å². The molecule has 0 saturated heterocycles. The highest BCUT2D eigenvalue weighted by molar-refractivity contribution is 5.83. The molecule has 18 heavy (non-hydrogen) atoms. The van der Waals surface area contributed by atoms with Crippen LogP contribution >= 0.6 is 0 Å². The number of anilines is 1. The topological polar surface area (TPSA) is 95.1 Å². The largest absolute Gasteiger partial charge is 0.480 e. The van der Waals surface area contributed by atoms with Gasteiger partial charge in [0.1, 0.15) is 17.2 Å². The number of hydrogen-bond acceptors (Lipinski definition) is 4. The molecular formula is C12H17N3O3. The average Bonchev–Trinajstić information content (AvgIpc) is 2.22. The highest BCUT2D eigenvalue weighted by Gasteiger charge is 2.44. The third-order valence-corrected chi connectivity index (χ3v) is 3.29. The third kappa shape index (κ3) is 2.23. The molecule has 0 spiro atoms. The number of hydrogen-bond donors (Lipinski definition) is 3. The van der Waals surface area contributed by atoms with Gasteiger partial charge in [0, 0.05) is 12.0 Å². The van der Waals surface area contributed by atoms with E-state index in [0.717, 1.165) is 6.42 Å². The second kappa shape index (κ2) is 4.44. The number of aromatic nitrogens is 2. The average molecular weight is 251 g/mol. The first-order valence-electron chi connectivity index (χ1n) is 6.06. The van der Waals surface area contributed by atoms with Crippen molar-refractivity contribution in [3.05, 3.63) is 22.2 Å². The summed E-state index contributed by atoms with van der Waals surface area (Å²) >= 11 is 0. The number of rotatable bonds is 4. The summed E-state index contributed by atoms with van der Waals surface area (Å²) in [5, 5.41) is 12.1. The summed E-state index contributed by atoms with van der Waals surface area (Å²) in [7, 11) is 0. The Bertz CT molecular complexity index is 518. The molecule has 1 aliphatic rings. The highest BCUT2D eigenvalue weighted by Crippen LogP contribution is 2.35. The Kier molecular flexibility index (Phi) is 3.11. The zero-order valence-corrected chi connectivity index (χ0v) is 10.5. The maximum atomic E-state index is 11.5. The van der Waals surface area contributed by atoms with E-state index in [1.165, 1.54) is 6.07 Å². The van der Waals surface area contributed by atoms with Gasteiger partial charge in [-0.25, -0.2) is 9.78 Å². The van der Waals surface area contributed by atoms with Crippen molar-refractivity contribution in [1.82, 2.24) is 9.97 Å². The van der Waals surface area contributed by atoms with Crippen LogP contribution in [0.4, 0.5) is 5.82 Å². The fourth-order valence-electron chi connectivity index (χ4n) is 1.98. The summed E-state index contributed by atoms with van der Waals surface area (Å²) in [4.78, 5) is 29.6. The van der Waals surface area contributed by atoms with Gasteiger partial charge in [-0.2, -0.15) is 0 Å². The number of carboxylic acid groups (broad SMARTS) is 1. The lowest BCUT2D eigenvalue weighted by atomic mass is 9.77. The Labute approximate surface area is 104 Å². The van der Waals surface area contributed by atoms with Crippen LogP contribution in [0, 0.1) is 0 Å². The van der Waals surface area contributed by atoms with Crippen molar-refractivity contribution >= 4 is 11.8 Å². The minimum atomic E-state index is -0.949. The smallest absolute Gasteiger partial charge is 0.329 e. The molecular weight excluding hydrogens is 234 g/mol. The first kappa shape index (κ1) is 12.6. The molecule has 0 amide bonds. The third-order valence-electron chi connectivity index (χ3n) is 3.29. The van der Waals surface area contributed by atoms with Gasteiger partial charge in [-0.3, -0.25) is 4.79 Å². The zero-order valence-electron chi connectivity index (χ0n) is 10.5. The molecule has 0 unspecified atom stereocenters. The van der Waals surface area contributed by atoms with Crippen molar-refractivity contribution in [2.75, 3.05) is 5.32 Å². The lowest BCUT2D eigenvalue weighted by Crippen LogP contribution is -2.52. The summed E-state index contributed by atoms with van der Waals surface area (Å²) in [5.41, 5.74) is -1.22. The lowest BCUT2D eigenvalue weighted by molar-refractivity contribution is -0.145. The Morgan fingerprint density at radius 1 is 1.56 bits per heavy atom. The van der Waals surface area contributed by atoms with Crippen molar-refractivity contribution in [3.8, 4) is 0 Å². The summed E-state index contributed by atoms with van der Waals surface area (Å²) in [5.74, 6) is 0.0953. The molecule has 0 atom stereocenters. The number of nitrogens with zero attached hydrogens (tertiary/aromatic N) is 1. The van der Waals surface area contributed by atoms with Gasteiger partial charge in [0.2, 0.25) is 0 Å². The molecule has 1 aromatic rings. The molecule has 2 rings (SSSR count). The fourth-order valence-corrected chi connectivity index (χ4v) is 1.98. The van der Waals surface area contributed by atoms with Crippen LogP contribution < -0.4 is 10.9 Å². The predicted molar refractivity (Wildman–Crippen MR) is 66.8 cm³/mol. The van der Waals surface area contributed by atoms with Gasteiger partial charge in [-0.15, -0.1) is 0 Å². The number of H-pyrrole nitrogens is 1. The van der Waals surface area contributed by atoms with E-state index in [4.69, 9.17) is 0 Å². The number of carbonyl (C=O) groups is 1. The SMILES string of the molecule is CC(C)c1nc(NC2(C(=O)O)CCC2)cc(=O)[nH]1. The molecule has 0 aliphatic heterocycles. The molecule has 6 heteroatoms. The molecule has 0 aromatic carbocycles. The molecule has 0 radical (unpaired) electrons. The Morgan fingerprint density at radius 2 is 2.22 bits per heavy atom. The maximum absolute atomic E-state index is 11.5. The molecule has 1 saturated carbocycles. The van der Waals surface area contributed by atoms with Gasteiger partial charge in [0.25, 0.3) is 5.56 Å². The van der Waals surface area contributed by atoms with Crippen LogP contribution in [0.15, 0.2) is 10.9 Å². The second-order valence-corrected chi connectivity index (χ2v) is 5.04. The van der Waals surface area contributed by atoms with Gasteiger partial charge in [0.05, 0.1) is 0 Å². The van der Waals surface area contributed by atoms with Crippen molar-refractivity contribution in [2.24, 2.45) is 0 Å². The summed E-state index contributed by atoms with van der Waals surface area (Å²) in [6.07, 6.45) is 2.00. The monoisotopic (exact) mass is 251 g/mol. The van der Waals surface area contributed by atoms with Crippen molar-refractivity contribution in [2.45, 2.75) is 44.6 Å². The Hall–Kier alpha value is -1.85. The van der Waals surface area contributed by atoms with E-state index in [1.54, 1.807) is 0 Å². The van der Waals surface area contributed by atoms with Crippen LogP contribution in [-0.4, -0.2) is 26.6 Å². The van der Waals surface area contributed by atoms with E-state index in [9.17, 15) is 14.7 Å². The first-order chi connectivity index (χ1) is 8.43. The number of nitrogens with one attached hydrogen (secondary N) is 2. The standard InChI is InChI=1S/C12H17N3O3/c1-7(2)10-13-8(6-9(16)14-10)15-12(11(17)18)4-3-5-12/h6-7H,3-5H2,1-2H3,(H,17,18)(H2,13,14,15,16). The van der Waals surface area contributed by atoms with E-state index in [2.05, 4.69) is 15.3 Å². The van der Waals surface area contributed by atoms with Crippen LogP contribution in [-0.2, 0) is 4.79 Å². The van der Waals surface area contributed by atoms with E-state index < -0.39 is 11.5 Å². The first-order valence-corrected chi connectivity index (χ1v) is 6.06. The second-order valence-electron chi connectivity index (χ2n) is 5.04. The molecule has 1 aromatic heterocycles. The summed E-state index contributed by atoms with van der Waals surface area (Å²) < 4.78 is 0. The zero-order chi connectivity index (χ0) is 13.3. The summed E-state index contributed by atoms with van der Waals surface area (Å²) in [6, 6.07) is 1.30. The normalized spacial score (nSPS) is 17.3. The number of aliphatic carboxylic acids is 1. The van der Waals surface area contributed by atoms with Gasteiger partial charge >= 0.3 is 5.97 Å². The van der Waals surface area contributed by atoms with Crippen LogP contribution in [0.2, 0.25) is 0 Å². The van der Waals surface area contributed by atoms with E-state index in [-0.39, 0.29) is 11.5 Å². The number of aromatic amines is 1.